The van der Waals surface area contributed by atoms with Crippen LogP contribution in [0.25, 0.3) is 21.6 Å². The molecule has 4 aromatic rings. The van der Waals surface area contributed by atoms with E-state index in [-0.39, 0.29) is 23.1 Å². The Morgan fingerprint density at radius 3 is 2.19 bits per heavy atom. The molecular weight excluding hydrogens is 430 g/mol. The van der Waals surface area contributed by atoms with Gasteiger partial charge in [0, 0.05) is 21.7 Å². The molecule has 1 aliphatic rings. The molecule has 0 aliphatic heterocycles. The molecule has 7 heteroatoms. The molecule has 5 nitrogen and oxygen atoms in total. The van der Waals surface area contributed by atoms with Crippen molar-refractivity contribution < 1.29 is 19.4 Å². The summed E-state index contributed by atoms with van der Waals surface area (Å²) in [6.45, 7) is 0.172. The Bertz CT molecular complexity index is 1230. The fraction of sp³-hybridized carbons (Fsp3) is 0.0833. The van der Waals surface area contributed by atoms with Crippen molar-refractivity contribution in [3.8, 4) is 21.6 Å². The Kier molecular flexibility index (Phi) is 5.05. The second kappa shape index (κ2) is 8.02. The number of hydrogen-bond acceptors (Lipinski definition) is 5. The van der Waals surface area contributed by atoms with Crippen molar-refractivity contribution in [1.82, 2.24) is 0 Å². The normalized spacial score (nSPS) is 12.3. The first-order valence-electron chi connectivity index (χ1n) is 9.64. The molecule has 1 aliphatic carbocycles. The summed E-state index contributed by atoms with van der Waals surface area (Å²) in [4.78, 5) is 25.2. The van der Waals surface area contributed by atoms with E-state index < -0.39 is 12.1 Å². The predicted octanol–water partition coefficient (Wildman–Crippen LogP) is 6.54. The number of aromatic carboxylic acids is 1. The van der Waals surface area contributed by atoms with E-state index in [2.05, 4.69) is 29.6 Å². The zero-order chi connectivity index (χ0) is 21.4. The Hall–Kier alpha value is -3.42. The van der Waals surface area contributed by atoms with Gasteiger partial charge in [0.25, 0.3) is 0 Å². The van der Waals surface area contributed by atoms with Gasteiger partial charge >= 0.3 is 12.1 Å². The van der Waals surface area contributed by atoms with Crippen molar-refractivity contribution in [3.05, 3.63) is 88.1 Å². The molecule has 0 saturated carbocycles. The third-order valence-electron chi connectivity index (χ3n) is 5.35. The maximum atomic E-state index is 12.5. The summed E-state index contributed by atoms with van der Waals surface area (Å²) in [5.74, 6) is -1.14. The van der Waals surface area contributed by atoms with E-state index in [9.17, 15) is 14.7 Å². The van der Waals surface area contributed by atoms with Crippen molar-refractivity contribution in [2.24, 2.45) is 0 Å². The number of benzene rings is 2. The molecular formula is C24H17NO4S2. The summed E-state index contributed by atoms with van der Waals surface area (Å²) in [7, 11) is 0. The van der Waals surface area contributed by atoms with Gasteiger partial charge in [-0.05, 0) is 33.7 Å². The van der Waals surface area contributed by atoms with Gasteiger partial charge < -0.3 is 9.84 Å². The molecule has 0 radical (unpaired) electrons. The monoisotopic (exact) mass is 447 g/mol. The molecule has 154 valence electrons. The molecule has 0 bridgehead atoms. The standard InChI is InChI=1S/C24H17NO4S2/c26-23(27)21-19(20-10-5-11-30-20)13-31-22(21)25-24(28)29-12-18-16-8-3-1-6-14(16)15-7-2-4-9-17(15)18/h1-11,13,18H,12H2,(H,25,28)(H,26,27). The van der Waals surface area contributed by atoms with Crippen molar-refractivity contribution >= 4 is 39.7 Å². The fourth-order valence-corrected chi connectivity index (χ4v) is 5.76. The summed E-state index contributed by atoms with van der Waals surface area (Å²) in [5, 5.41) is 16.2. The average molecular weight is 448 g/mol. The number of hydrogen-bond donors (Lipinski definition) is 2. The molecule has 1 amide bonds. The lowest BCUT2D eigenvalue weighted by Crippen LogP contribution is -2.18. The minimum absolute atomic E-state index is 0.0536. The van der Waals surface area contributed by atoms with Gasteiger partial charge in [-0.3, -0.25) is 5.32 Å². The fourth-order valence-electron chi connectivity index (χ4n) is 4.00. The van der Waals surface area contributed by atoms with Gasteiger partial charge in [-0.2, -0.15) is 0 Å². The van der Waals surface area contributed by atoms with E-state index in [1.165, 1.54) is 22.7 Å². The minimum atomic E-state index is -1.08. The summed E-state index contributed by atoms with van der Waals surface area (Å²) in [6.07, 6.45) is -0.663. The molecule has 2 heterocycles. The second-order valence-corrected chi connectivity index (χ2v) is 8.91. The molecule has 2 aromatic heterocycles. The van der Waals surface area contributed by atoms with Gasteiger partial charge in [0.2, 0.25) is 0 Å². The molecule has 0 spiro atoms. The lowest BCUT2D eigenvalue weighted by molar-refractivity contribution is 0.0699. The summed E-state index contributed by atoms with van der Waals surface area (Å²) >= 11 is 2.63. The van der Waals surface area contributed by atoms with Crippen LogP contribution in [0.5, 0.6) is 0 Å². The van der Waals surface area contributed by atoms with Gasteiger partial charge in [0.1, 0.15) is 17.2 Å². The zero-order valence-corrected chi connectivity index (χ0v) is 17.8. The smallest absolute Gasteiger partial charge is 0.412 e. The van der Waals surface area contributed by atoms with Crippen LogP contribution >= 0.6 is 22.7 Å². The van der Waals surface area contributed by atoms with E-state index in [0.29, 0.717) is 5.56 Å². The van der Waals surface area contributed by atoms with Crippen molar-refractivity contribution in [1.29, 1.82) is 0 Å². The Morgan fingerprint density at radius 2 is 1.58 bits per heavy atom. The van der Waals surface area contributed by atoms with E-state index >= 15 is 0 Å². The second-order valence-electron chi connectivity index (χ2n) is 7.09. The number of carbonyl (C=O) groups is 2. The van der Waals surface area contributed by atoms with E-state index in [4.69, 9.17) is 4.74 Å². The van der Waals surface area contributed by atoms with Crippen LogP contribution in [-0.4, -0.2) is 23.8 Å². The third-order valence-corrected chi connectivity index (χ3v) is 7.15. The lowest BCUT2D eigenvalue weighted by Gasteiger charge is -2.14. The van der Waals surface area contributed by atoms with E-state index in [1.54, 1.807) is 5.38 Å². The SMILES string of the molecule is O=C(Nc1scc(-c2cccs2)c1C(=O)O)OCC1c2ccccc2-c2ccccc21. The third kappa shape index (κ3) is 3.52. The van der Waals surface area contributed by atoms with Gasteiger partial charge in [-0.25, -0.2) is 9.59 Å². The van der Waals surface area contributed by atoms with Crippen molar-refractivity contribution in [2.45, 2.75) is 5.92 Å². The van der Waals surface area contributed by atoms with Crippen LogP contribution < -0.4 is 5.32 Å². The van der Waals surface area contributed by atoms with Gasteiger partial charge in [-0.1, -0.05) is 54.6 Å². The zero-order valence-electron chi connectivity index (χ0n) is 16.2. The van der Waals surface area contributed by atoms with Crippen LogP contribution in [0.2, 0.25) is 0 Å². The van der Waals surface area contributed by atoms with Crippen LogP contribution in [0.4, 0.5) is 9.80 Å². The number of thiophene rings is 2. The highest BCUT2D eigenvalue weighted by Crippen LogP contribution is 2.44. The van der Waals surface area contributed by atoms with Crippen molar-refractivity contribution in [2.75, 3.05) is 11.9 Å². The van der Waals surface area contributed by atoms with Gasteiger partial charge in [-0.15, -0.1) is 22.7 Å². The number of ether oxygens (including phenoxy) is 1. The molecule has 0 saturated heterocycles. The Labute approximate surface area is 186 Å². The maximum Gasteiger partial charge on any atom is 0.412 e. The number of amides is 1. The van der Waals surface area contributed by atoms with E-state index in [0.717, 1.165) is 27.1 Å². The van der Waals surface area contributed by atoms with Gasteiger partial charge in [0.15, 0.2) is 0 Å². The molecule has 31 heavy (non-hydrogen) atoms. The topological polar surface area (TPSA) is 75.6 Å². The van der Waals surface area contributed by atoms with Crippen LogP contribution in [-0.2, 0) is 4.74 Å². The van der Waals surface area contributed by atoms with Gasteiger partial charge in [0.05, 0.1) is 0 Å². The summed E-state index contributed by atoms with van der Waals surface area (Å²) in [5.41, 5.74) is 5.23. The quantitative estimate of drug-likeness (QED) is 0.364. The number of carbonyl (C=O) groups excluding carboxylic acids is 1. The molecule has 5 rings (SSSR count). The number of fused-ring (bicyclic) bond motifs is 3. The Morgan fingerprint density at radius 1 is 0.903 bits per heavy atom. The largest absolute Gasteiger partial charge is 0.478 e. The summed E-state index contributed by atoms with van der Waals surface area (Å²) in [6, 6.07) is 19.9. The number of anilines is 1. The Balaban J connectivity index is 1.34. The van der Waals surface area contributed by atoms with Crippen LogP contribution in [0.3, 0.4) is 0 Å². The maximum absolute atomic E-state index is 12.5. The lowest BCUT2D eigenvalue weighted by atomic mass is 9.98. The molecule has 2 N–H and O–H groups in total. The molecule has 0 fully saturated rings. The first-order valence-corrected chi connectivity index (χ1v) is 11.4. The highest BCUT2D eigenvalue weighted by Gasteiger charge is 2.29. The first kappa shape index (κ1) is 19.5. The highest BCUT2D eigenvalue weighted by atomic mass is 32.1. The van der Waals surface area contributed by atoms with Crippen molar-refractivity contribution in [3.63, 3.8) is 0 Å². The van der Waals surface area contributed by atoms with Crippen LogP contribution in [0, 0.1) is 0 Å². The average Bonchev–Trinajstić information content (AvgIpc) is 3.50. The molecule has 0 unspecified atom stereocenters. The molecule has 0 atom stereocenters. The van der Waals surface area contributed by atoms with Crippen LogP contribution in [0.15, 0.2) is 71.4 Å². The summed E-state index contributed by atoms with van der Waals surface area (Å²) < 4.78 is 5.54. The first-order chi connectivity index (χ1) is 15.1. The number of rotatable bonds is 5. The predicted molar refractivity (Wildman–Crippen MR) is 123 cm³/mol. The minimum Gasteiger partial charge on any atom is -0.478 e. The number of carboxylic acids is 1. The molecule has 2 aromatic carbocycles. The number of nitrogens with one attached hydrogen (secondary N) is 1. The van der Waals surface area contributed by atoms with E-state index in [1.807, 2.05) is 41.8 Å². The highest BCUT2D eigenvalue weighted by molar-refractivity contribution is 7.17. The number of carboxylic acid groups (broad SMARTS) is 1. The van der Waals surface area contributed by atoms with Crippen LogP contribution in [0.1, 0.15) is 27.4 Å².